The lowest BCUT2D eigenvalue weighted by Gasteiger charge is -2.14. The van der Waals surface area contributed by atoms with Crippen molar-refractivity contribution in [2.45, 2.75) is 12.4 Å². The normalized spacial score (nSPS) is 18.4. The second-order valence-electron chi connectivity index (χ2n) is 7.31. The first-order valence-electron chi connectivity index (χ1n) is 10.7. The zero-order chi connectivity index (χ0) is 24.2. The van der Waals surface area contributed by atoms with Crippen LogP contribution >= 0.6 is 0 Å². The number of hydrogen-bond acceptors (Lipinski definition) is 7. The molecule has 1 aliphatic rings. The predicted molar refractivity (Wildman–Crippen MR) is 127 cm³/mol. The van der Waals surface area contributed by atoms with E-state index >= 15 is 0 Å². The molecule has 170 valence electrons. The molecule has 3 aromatic rings. The third kappa shape index (κ3) is 5.68. The standard InChI is InChI=1S/C23H24N6O3S/c24-22(30)20-21(27-28-23(20)26-19-8-4-5-14-25-19)17-9-11-18(12-10-17)29-33(31,32)15-13-16-6-2-1-3-7-16/h1-12,14,21,27-29H,13,15H2,(H2,24,30)(H,25,26)/i21D. The van der Waals surface area contributed by atoms with Crippen LogP contribution in [0, 0.1) is 0 Å². The number of nitrogens with zero attached hydrogens (tertiary/aromatic N) is 1. The second kappa shape index (κ2) is 9.72. The van der Waals surface area contributed by atoms with E-state index in [0.29, 0.717) is 23.5 Å². The van der Waals surface area contributed by atoms with Gasteiger partial charge in [0.05, 0.1) is 18.7 Å². The maximum absolute atomic E-state index is 12.5. The van der Waals surface area contributed by atoms with Crippen LogP contribution < -0.4 is 26.6 Å². The summed E-state index contributed by atoms with van der Waals surface area (Å²) in [5.74, 6) is -0.178. The Balaban J connectivity index is 1.50. The minimum atomic E-state index is -3.57. The summed E-state index contributed by atoms with van der Waals surface area (Å²) in [5, 5.41) is 2.95. The first kappa shape index (κ1) is 21.0. The summed E-state index contributed by atoms with van der Waals surface area (Å²) in [4.78, 5) is 16.4. The van der Waals surface area contributed by atoms with Crippen molar-refractivity contribution in [1.82, 2.24) is 15.8 Å². The van der Waals surface area contributed by atoms with E-state index in [1.165, 1.54) is 12.1 Å². The van der Waals surface area contributed by atoms with E-state index < -0.39 is 21.9 Å². The molecule has 10 heteroatoms. The molecule has 33 heavy (non-hydrogen) atoms. The van der Waals surface area contributed by atoms with Gasteiger partial charge >= 0.3 is 0 Å². The zero-order valence-corrected chi connectivity index (χ0v) is 18.4. The van der Waals surface area contributed by atoms with E-state index in [4.69, 9.17) is 7.10 Å². The zero-order valence-electron chi connectivity index (χ0n) is 18.6. The average molecular weight is 466 g/mol. The predicted octanol–water partition coefficient (Wildman–Crippen LogP) is 2.02. The summed E-state index contributed by atoms with van der Waals surface area (Å²) >= 11 is 0. The SMILES string of the molecule is [2H]C1(c2ccc(NS(=O)(=O)CCc3ccccc3)cc2)NNC(Nc2ccccn2)=C1C(N)=O. The molecule has 2 heterocycles. The number of primary amides is 1. The van der Waals surface area contributed by atoms with Crippen molar-refractivity contribution in [3.63, 3.8) is 0 Å². The van der Waals surface area contributed by atoms with Gasteiger partial charge in [0, 0.05) is 11.9 Å². The molecule has 1 amide bonds. The van der Waals surface area contributed by atoms with Gasteiger partial charge in [-0.1, -0.05) is 48.5 Å². The Hall–Kier alpha value is -3.89. The van der Waals surface area contributed by atoms with Gasteiger partial charge in [-0.25, -0.2) is 18.8 Å². The highest BCUT2D eigenvalue weighted by Gasteiger charge is 2.30. The largest absolute Gasteiger partial charge is 0.366 e. The van der Waals surface area contributed by atoms with Gasteiger partial charge in [-0.05, 0) is 41.8 Å². The molecule has 4 rings (SSSR count). The summed E-state index contributed by atoms with van der Waals surface area (Å²) in [6.45, 7) is 0. The van der Waals surface area contributed by atoms with Crippen LogP contribution in [0.5, 0.6) is 0 Å². The van der Waals surface area contributed by atoms with Crippen LogP contribution in [0.25, 0.3) is 0 Å². The van der Waals surface area contributed by atoms with E-state index in [1.54, 1.807) is 36.5 Å². The lowest BCUT2D eigenvalue weighted by atomic mass is 9.99. The molecule has 0 bridgehead atoms. The molecule has 1 unspecified atom stereocenters. The summed E-state index contributed by atoms with van der Waals surface area (Å²) in [7, 11) is -3.57. The van der Waals surface area contributed by atoms with Crippen molar-refractivity contribution in [2.75, 3.05) is 15.8 Å². The topological polar surface area (TPSA) is 138 Å². The van der Waals surface area contributed by atoms with E-state index in [0.717, 1.165) is 5.56 Å². The van der Waals surface area contributed by atoms with Crippen molar-refractivity contribution in [3.05, 3.63) is 102 Å². The fraction of sp³-hybridized carbons (Fsp3) is 0.130. The number of hydrazine groups is 1. The molecule has 1 atom stereocenters. The summed E-state index contributed by atoms with van der Waals surface area (Å²) < 4.78 is 36.4. The van der Waals surface area contributed by atoms with Crippen molar-refractivity contribution in [3.8, 4) is 0 Å². The third-order valence-electron chi connectivity index (χ3n) is 4.93. The fourth-order valence-corrected chi connectivity index (χ4v) is 4.43. The molecule has 0 radical (unpaired) electrons. The molecular formula is C23H24N6O3S. The number of nitrogens with one attached hydrogen (secondary N) is 4. The Morgan fingerprint density at radius 3 is 2.45 bits per heavy atom. The van der Waals surface area contributed by atoms with Crippen LogP contribution in [-0.2, 0) is 21.2 Å². The highest BCUT2D eigenvalue weighted by atomic mass is 32.2. The number of rotatable bonds is 9. The quantitative estimate of drug-likeness (QED) is 0.326. The number of anilines is 2. The third-order valence-corrected chi connectivity index (χ3v) is 6.21. The molecule has 0 spiro atoms. The number of aromatic nitrogens is 1. The van der Waals surface area contributed by atoms with E-state index in [2.05, 4.69) is 25.9 Å². The molecule has 0 saturated heterocycles. The molecule has 1 aliphatic heterocycles. The number of amides is 1. The number of benzene rings is 2. The number of sulfonamides is 1. The van der Waals surface area contributed by atoms with Gasteiger partial charge in [0.25, 0.3) is 0 Å². The molecule has 6 N–H and O–H groups in total. The van der Waals surface area contributed by atoms with Crippen LogP contribution in [-0.4, -0.2) is 25.1 Å². The number of nitrogens with two attached hydrogens (primary N) is 1. The minimum Gasteiger partial charge on any atom is -0.366 e. The number of carbonyl (C=O) groups is 1. The molecule has 0 aliphatic carbocycles. The highest BCUT2D eigenvalue weighted by molar-refractivity contribution is 7.92. The Labute approximate surface area is 193 Å². The van der Waals surface area contributed by atoms with Gasteiger partial charge in [0.15, 0.2) is 0 Å². The van der Waals surface area contributed by atoms with Crippen molar-refractivity contribution < 1.29 is 14.6 Å². The fourth-order valence-electron chi connectivity index (χ4n) is 3.33. The molecule has 0 fully saturated rings. The molecule has 1 aromatic heterocycles. The van der Waals surface area contributed by atoms with Crippen molar-refractivity contribution in [2.24, 2.45) is 5.73 Å². The Bertz CT molecular complexity index is 1300. The number of carbonyl (C=O) groups excluding carboxylic acids is 1. The van der Waals surface area contributed by atoms with Crippen LogP contribution in [0.1, 0.15) is 18.5 Å². The van der Waals surface area contributed by atoms with Gasteiger partial charge in [-0.15, -0.1) is 0 Å². The summed E-state index contributed by atoms with van der Waals surface area (Å²) in [5.41, 5.74) is 12.8. The van der Waals surface area contributed by atoms with E-state index in [1.807, 2.05) is 30.3 Å². The smallest absolute Gasteiger partial charge is 0.250 e. The lowest BCUT2D eigenvalue weighted by molar-refractivity contribution is -0.114. The second-order valence-corrected chi connectivity index (χ2v) is 9.15. The van der Waals surface area contributed by atoms with Gasteiger partial charge in [-0.3, -0.25) is 9.52 Å². The van der Waals surface area contributed by atoms with Crippen molar-refractivity contribution in [1.29, 1.82) is 0 Å². The minimum absolute atomic E-state index is 0.0330. The molecule has 0 saturated carbocycles. The summed E-state index contributed by atoms with van der Waals surface area (Å²) in [6.07, 6.45) is 1.97. The van der Waals surface area contributed by atoms with Crippen LogP contribution in [0.3, 0.4) is 0 Å². The maximum Gasteiger partial charge on any atom is 0.250 e. The van der Waals surface area contributed by atoms with Gasteiger partial charge in [-0.2, -0.15) is 0 Å². The van der Waals surface area contributed by atoms with Crippen LogP contribution in [0.2, 0.25) is 0 Å². The van der Waals surface area contributed by atoms with Crippen LogP contribution in [0.15, 0.2) is 90.4 Å². The Morgan fingerprint density at radius 1 is 1.06 bits per heavy atom. The molecule has 9 nitrogen and oxygen atoms in total. The van der Waals surface area contributed by atoms with Gasteiger partial charge < -0.3 is 16.5 Å². The monoisotopic (exact) mass is 465 g/mol. The lowest BCUT2D eigenvalue weighted by Crippen LogP contribution is -2.29. The Morgan fingerprint density at radius 2 is 1.79 bits per heavy atom. The van der Waals surface area contributed by atoms with E-state index in [9.17, 15) is 13.2 Å². The van der Waals surface area contributed by atoms with Crippen LogP contribution in [0.4, 0.5) is 11.5 Å². The number of hydrogen-bond donors (Lipinski definition) is 5. The highest BCUT2D eigenvalue weighted by Crippen LogP contribution is 2.28. The summed E-state index contributed by atoms with van der Waals surface area (Å²) in [6, 6.07) is 19.1. The van der Waals surface area contributed by atoms with Crippen molar-refractivity contribution >= 4 is 27.4 Å². The first-order valence-corrected chi connectivity index (χ1v) is 11.8. The van der Waals surface area contributed by atoms with Gasteiger partial charge in [0.2, 0.25) is 15.9 Å². The average Bonchev–Trinajstić information content (AvgIpc) is 3.16. The van der Waals surface area contributed by atoms with E-state index in [-0.39, 0.29) is 17.1 Å². The first-order chi connectivity index (χ1) is 16.3. The van der Waals surface area contributed by atoms with Gasteiger partial charge in [0.1, 0.15) is 11.6 Å². The number of pyridine rings is 1. The number of aryl methyl sites for hydroxylation is 1. The maximum atomic E-state index is 12.5. The molecule has 2 aromatic carbocycles. The Kier molecular flexibility index (Phi) is 6.18. The molecular weight excluding hydrogens is 440 g/mol.